The van der Waals surface area contributed by atoms with E-state index in [9.17, 15) is 9.59 Å². The Balaban J connectivity index is 1.39. The molecule has 0 saturated heterocycles. The summed E-state index contributed by atoms with van der Waals surface area (Å²) in [6.45, 7) is 2.19. The predicted octanol–water partition coefficient (Wildman–Crippen LogP) is 3.75. The van der Waals surface area contributed by atoms with Gasteiger partial charge in [-0.05, 0) is 36.8 Å². The smallest absolute Gasteiger partial charge is 0.265 e. The molecule has 0 bridgehead atoms. The second kappa shape index (κ2) is 9.21. The summed E-state index contributed by atoms with van der Waals surface area (Å²) in [5.41, 5.74) is 1.92. The van der Waals surface area contributed by atoms with Crippen LogP contribution < -0.4 is 24.8 Å². The van der Waals surface area contributed by atoms with Crippen LogP contribution >= 0.6 is 0 Å². The Morgan fingerprint density at radius 3 is 2.55 bits per heavy atom. The third kappa shape index (κ3) is 4.95. The number of nitrogens with one attached hydrogen (secondary N) is 2. The number of ether oxygens (including phenoxy) is 3. The lowest BCUT2D eigenvalue weighted by molar-refractivity contribution is -0.122. The summed E-state index contributed by atoms with van der Waals surface area (Å²) in [5, 5.41) is 5.66. The molecule has 158 valence electrons. The van der Waals surface area contributed by atoms with E-state index in [4.69, 9.17) is 14.2 Å². The molecule has 7 nitrogen and oxygen atoms in total. The van der Waals surface area contributed by atoms with E-state index >= 15 is 0 Å². The van der Waals surface area contributed by atoms with Crippen molar-refractivity contribution in [2.45, 2.75) is 19.6 Å². The monoisotopic (exact) mass is 418 g/mol. The average Bonchev–Trinajstić information content (AvgIpc) is 3.26. The number of hydrogen-bond donors (Lipinski definition) is 2. The van der Waals surface area contributed by atoms with Gasteiger partial charge < -0.3 is 24.8 Å². The van der Waals surface area contributed by atoms with Crippen molar-refractivity contribution in [3.8, 4) is 17.2 Å². The van der Waals surface area contributed by atoms with Crippen molar-refractivity contribution in [1.29, 1.82) is 0 Å². The topological polar surface area (TPSA) is 85.9 Å². The van der Waals surface area contributed by atoms with Gasteiger partial charge >= 0.3 is 0 Å². The zero-order valence-electron chi connectivity index (χ0n) is 17.0. The lowest BCUT2D eigenvalue weighted by Crippen LogP contribution is -2.31. The summed E-state index contributed by atoms with van der Waals surface area (Å²) >= 11 is 0. The fraction of sp³-hybridized carbons (Fsp3) is 0.167. The molecule has 0 unspecified atom stereocenters. The summed E-state index contributed by atoms with van der Waals surface area (Å²) in [7, 11) is 0. The van der Waals surface area contributed by atoms with E-state index in [0.29, 0.717) is 35.0 Å². The Morgan fingerprint density at radius 1 is 0.968 bits per heavy atom. The van der Waals surface area contributed by atoms with E-state index in [1.807, 2.05) is 30.3 Å². The minimum atomic E-state index is -0.825. The van der Waals surface area contributed by atoms with E-state index in [1.54, 1.807) is 49.4 Å². The maximum absolute atomic E-state index is 12.7. The number of para-hydroxylation sites is 1. The van der Waals surface area contributed by atoms with Gasteiger partial charge in [-0.25, -0.2) is 0 Å². The molecule has 3 aromatic rings. The van der Waals surface area contributed by atoms with E-state index in [0.717, 1.165) is 5.56 Å². The predicted molar refractivity (Wildman–Crippen MR) is 115 cm³/mol. The fourth-order valence-corrected chi connectivity index (χ4v) is 3.09. The third-order valence-electron chi connectivity index (χ3n) is 4.74. The highest BCUT2D eigenvalue weighted by atomic mass is 16.7. The Morgan fingerprint density at radius 2 is 1.71 bits per heavy atom. The Bertz CT molecular complexity index is 1080. The first-order valence-electron chi connectivity index (χ1n) is 9.88. The highest BCUT2D eigenvalue weighted by Crippen LogP contribution is 2.34. The van der Waals surface area contributed by atoms with Crippen LogP contribution in [0.2, 0.25) is 0 Å². The van der Waals surface area contributed by atoms with Gasteiger partial charge in [0.1, 0.15) is 5.75 Å². The molecule has 4 rings (SSSR count). The number of amides is 2. The zero-order chi connectivity index (χ0) is 21.6. The van der Waals surface area contributed by atoms with Gasteiger partial charge in [-0.1, -0.05) is 42.5 Å². The van der Waals surface area contributed by atoms with Crippen molar-refractivity contribution >= 4 is 17.5 Å². The maximum Gasteiger partial charge on any atom is 0.265 e. The van der Waals surface area contributed by atoms with E-state index < -0.39 is 6.10 Å². The van der Waals surface area contributed by atoms with E-state index in [1.165, 1.54) is 0 Å². The number of benzene rings is 3. The van der Waals surface area contributed by atoms with E-state index in [2.05, 4.69) is 10.6 Å². The fourth-order valence-electron chi connectivity index (χ4n) is 3.09. The third-order valence-corrected chi connectivity index (χ3v) is 4.74. The minimum Gasteiger partial charge on any atom is -0.480 e. The highest BCUT2D eigenvalue weighted by Gasteiger charge is 2.20. The first kappa shape index (κ1) is 20.3. The summed E-state index contributed by atoms with van der Waals surface area (Å²) in [5.74, 6) is 0.923. The molecule has 0 aliphatic carbocycles. The van der Waals surface area contributed by atoms with Crippen molar-refractivity contribution in [2.75, 3.05) is 12.1 Å². The molecule has 0 radical (unpaired) electrons. The Kier molecular flexibility index (Phi) is 6.03. The summed E-state index contributed by atoms with van der Waals surface area (Å²) in [6.07, 6.45) is -0.825. The van der Waals surface area contributed by atoms with Crippen molar-refractivity contribution in [2.24, 2.45) is 0 Å². The van der Waals surface area contributed by atoms with Crippen LogP contribution in [0.15, 0.2) is 72.8 Å². The van der Waals surface area contributed by atoms with Crippen LogP contribution in [0, 0.1) is 0 Å². The maximum atomic E-state index is 12.7. The minimum absolute atomic E-state index is 0.162. The Hall–Kier alpha value is -4.00. The van der Waals surface area contributed by atoms with Gasteiger partial charge in [0.25, 0.3) is 11.8 Å². The molecular formula is C24H22N2O5. The molecule has 1 heterocycles. The number of hydrogen-bond acceptors (Lipinski definition) is 5. The lowest BCUT2D eigenvalue weighted by Gasteiger charge is -2.17. The first-order chi connectivity index (χ1) is 15.1. The van der Waals surface area contributed by atoms with Gasteiger partial charge in [0.2, 0.25) is 6.79 Å². The largest absolute Gasteiger partial charge is 0.480 e. The molecule has 1 aliphatic rings. The quantitative estimate of drug-likeness (QED) is 0.610. The van der Waals surface area contributed by atoms with Crippen LogP contribution in [0.4, 0.5) is 5.69 Å². The van der Waals surface area contributed by atoms with Crippen molar-refractivity contribution < 1.29 is 23.8 Å². The highest BCUT2D eigenvalue weighted by molar-refractivity contribution is 5.97. The van der Waals surface area contributed by atoms with Crippen LogP contribution in [0.1, 0.15) is 22.8 Å². The van der Waals surface area contributed by atoms with Crippen LogP contribution in [0.25, 0.3) is 0 Å². The lowest BCUT2D eigenvalue weighted by atomic mass is 10.1. The molecular weight excluding hydrogens is 396 g/mol. The molecule has 0 fully saturated rings. The van der Waals surface area contributed by atoms with E-state index in [-0.39, 0.29) is 18.6 Å². The van der Waals surface area contributed by atoms with Gasteiger partial charge in [0, 0.05) is 18.3 Å². The molecule has 1 atom stereocenters. The molecule has 2 amide bonds. The van der Waals surface area contributed by atoms with Gasteiger partial charge in [-0.2, -0.15) is 0 Å². The average molecular weight is 418 g/mol. The number of anilines is 1. The Labute approximate surface area is 179 Å². The van der Waals surface area contributed by atoms with Gasteiger partial charge in [0.05, 0.1) is 5.56 Å². The van der Waals surface area contributed by atoms with Gasteiger partial charge in [0.15, 0.2) is 17.6 Å². The van der Waals surface area contributed by atoms with Crippen molar-refractivity contribution in [3.05, 3.63) is 83.9 Å². The standard InChI is InChI=1S/C24H22N2O5/c1-16(23(27)26-18-11-12-21-22(13-18)30-15-29-21)31-20-10-6-5-9-19(20)24(28)25-14-17-7-3-2-4-8-17/h2-13,16H,14-15H2,1H3,(H,25,28)(H,26,27)/t16-/m0/s1. The zero-order valence-corrected chi connectivity index (χ0v) is 17.0. The number of carbonyl (C=O) groups is 2. The van der Waals surface area contributed by atoms with Crippen molar-refractivity contribution in [3.63, 3.8) is 0 Å². The molecule has 7 heteroatoms. The van der Waals surface area contributed by atoms with Crippen LogP contribution in [-0.2, 0) is 11.3 Å². The summed E-state index contributed by atoms with van der Waals surface area (Å²) in [4.78, 5) is 25.3. The van der Waals surface area contributed by atoms with Crippen LogP contribution in [0.5, 0.6) is 17.2 Å². The molecule has 3 aromatic carbocycles. The number of carbonyl (C=O) groups excluding carboxylic acids is 2. The van der Waals surface area contributed by atoms with Gasteiger partial charge in [-0.15, -0.1) is 0 Å². The van der Waals surface area contributed by atoms with Crippen LogP contribution in [-0.4, -0.2) is 24.7 Å². The van der Waals surface area contributed by atoms with Crippen LogP contribution in [0.3, 0.4) is 0 Å². The number of fused-ring (bicyclic) bond motifs is 1. The summed E-state index contributed by atoms with van der Waals surface area (Å²) in [6, 6.07) is 21.6. The second-order valence-corrected chi connectivity index (χ2v) is 6.98. The molecule has 0 saturated carbocycles. The molecule has 31 heavy (non-hydrogen) atoms. The SMILES string of the molecule is C[C@H](Oc1ccccc1C(=O)NCc1ccccc1)C(=O)Nc1ccc2c(c1)OCO2. The number of rotatable bonds is 7. The normalized spacial score (nSPS) is 12.7. The molecule has 2 N–H and O–H groups in total. The van der Waals surface area contributed by atoms with Gasteiger partial charge in [-0.3, -0.25) is 9.59 Å². The first-order valence-corrected chi connectivity index (χ1v) is 9.88. The molecule has 0 spiro atoms. The second-order valence-electron chi connectivity index (χ2n) is 6.98. The molecule has 1 aliphatic heterocycles. The van der Waals surface area contributed by atoms with Crippen molar-refractivity contribution in [1.82, 2.24) is 5.32 Å². The summed E-state index contributed by atoms with van der Waals surface area (Å²) < 4.78 is 16.4. The molecule has 0 aromatic heterocycles.